The molecule has 0 aliphatic carbocycles. The van der Waals surface area contributed by atoms with E-state index in [4.69, 9.17) is 9.47 Å². The molecule has 1 heterocycles. The first-order chi connectivity index (χ1) is 15.6. The van der Waals surface area contributed by atoms with Gasteiger partial charge in [0.15, 0.2) is 0 Å². The summed E-state index contributed by atoms with van der Waals surface area (Å²) in [5, 5.41) is 3.02. The van der Waals surface area contributed by atoms with Crippen molar-refractivity contribution < 1.29 is 19.1 Å². The van der Waals surface area contributed by atoms with Gasteiger partial charge < -0.3 is 29.5 Å². The zero-order valence-corrected chi connectivity index (χ0v) is 21.2. The highest BCUT2D eigenvalue weighted by Crippen LogP contribution is 2.25. The number of ether oxygens (including phenoxy) is 2. The first kappa shape index (κ1) is 26.8. The third-order valence-corrected chi connectivity index (χ3v) is 5.73. The number of rotatable bonds is 9. The zero-order chi connectivity index (χ0) is 24.4. The highest BCUT2D eigenvalue weighted by atomic mass is 16.6. The number of piperidine rings is 1. The van der Waals surface area contributed by atoms with Crippen molar-refractivity contribution in [1.29, 1.82) is 0 Å². The summed E-state index contributed by atoms with van der Waals surface area (Å²) >= 11 is 0. The lowest BCUT2D eigenvalue weighted by Crippen LogP contribution is -2.46. The van der Waals surface area contributed by atoms with Gasteiger partial charge in [-0.2, -0.15) is 0 Å². The zero-order valence-electron chi connectivity index (χ0n) is 21.2. The maximum absolute atomic E-state index is 13.0. The van der Waals surface area contributed by atoms with E-state index in [1.807, 2.05) is 49.9 Å². The Morgan fingerprint density at radius 2 is 1.88 bits per heavy atom. The van der Waals surface area contributed by atoms with E-state index in [9.17, 15) is 9.59 Å². The molecular formula is C25H42N4O4. The van der Waals surface area contributed by atoms with E-state index in [0.717, 1.165) is 32.5 Å². The van der Waals surface area contributed by atoms with Crippen molar-refractivity contribution in [2.45, 2.75) is 53.1 Å². The van der Waals surface area contributed by atoms with Crippen LogP contribution in [0.25, 0.3) is 0 Å². The molecule has 1 fully saturated rings. The van der Waals surface area contributed by atoms with Gasteiger partial charge in [0, 0.05) is 33.2 Å². The summed E-state index contributed by atoms with van der Waals surface area (Å²) in [6.07, 6.45) is 1.55. The summed E-state index contributed by atoms with van der Waals surface area (Å²) in [6.45, 7) is 15.1. The molecule has 186 valence electrons. The molecule has 1 unspecified atom stereocenters. The van der Waals surface area contributed by atoms with Crippen LogP contribution in [0.5, 0.6) is 5.75 Å². The van der Waals surface area contributed by atoms with Gasteiger partial charge in [-0.05, 0) is 64.8 Å². The molecule has 8 heteroatoms. The van der Waals surface area contributed by atoms with Crippen molar-refractivity contribution in [3.63, 3.8) is 0 Å². The number of anilines is 1. The van der Waals surface area contributed by atoms with E-state index in [-0.39, 0.29) is 18.0 Å². The third-order valence-electron chi connectivity index (χ3n) is 5.73. The van der Waals surface area contributed by atoms with E-state index in [1.54, 1.807) is 11.9 Å². The second-order valence-electron chi connectivity index (χ2n) is 9.62. The number of para-hydroxylation sites is 2. The van der Waals surface area contributed by atoms with Crippen LogP contribution in [-0.4, -0.2) is 85.3 Å². The Labute approximate surface area is 199 Å². The number of nitrogens with zero attached hydrogens (tertiary/aromatic N) is 3. The Bertz CT molecular complexity index is 761. The molecule has 1 aliphatic heterocycles. The Morgan fingerprint density at radius 1 is 1.18 bits per heavy atom. The van der Waals surface area contributed by atoms with Crippen LogP contribution in [0.1, 0.15) is 47.5 Å². The topological polar surface area (TPSA) is 74.4 Å². The van der Waals surface area contributed by atoms with Crippen LogP contribution in [0.4, 0.5) is 15.3 Å². The predicted octanol–water partition coefficient (Wildman–Crippen LogP) is 4.52. The van der Waals surface area contributed by atoms with E-state index >= 15 is 0 Å². The molecule has 2 rings (SSSR count). The van der Waals surface area contributed by atoms with Crippen molar-refractivity contribution in [3.05, 3.63) is 24.3 Å². The van der Waals surface area contributed by atoms with Crippen LogP contribution >= 0.6 is 0 Å². The minimum Gasteiger partial charge on any atom is -0.490 e. The largest absolute Gasteiger partial charge is 0.490 e. The molecule has 33 heavy (non-hydrogen) atoms. The lowest BCUT2D eigenvalue weighted by atomic mass is 9.98. The number of carbonyl (C=O) groups excluding carboxylic acids is 2. The Hall–Kier alpha value is -2.48. The monoisotopic (exact) mass is 462 g/mol. The van der Waals surface area contributed by atoms with Crippen molar-refractivity contribution in [2.24, 2.45) is 5.92 Å². The van der Waals surface area contributed by atoms with Gasteiger partial charge in [-0.25, -0.2) is 9.59 Å². The number of urea groups is 1. The van der Waals surface area contributed by atoms with Crippen LogP contribution in [-0.2, 0) is 4.74 Å². The normalized spacial score (nSPS) is 16.5. The number of amides is 3. The number of hydrogen-bond donors (Lipinski definition) is 1. The van der Waals surface area contributed by atoms with Crippen molar-refractivity contribution in [2.75, 3.05) is 58.2 Å². The van der Waals surface area contributed by atoms with Gasteiger partial charge in [0.05, 0.1) is 5.69 Å². The molecule has 1 N–H and O–H groups in total. The molecular weight excluding hydrogens is 420 g/mol. The van der Waals surface area contributed by atoms with E-state index in [1.165, 1.54) is 0 Å². The highest BCUT2D eigenvalue weighted by molar-refractivity contribution is 5.91. The summed E-state index contributed by atoms with van der Waals surface area (Å²) in [5.74, 6) is 0.888. The number of carbonyl (C=O) groups is 2. The summed E-state index contributed by atoms with van der Waals surface area (Å²) in [6, 6.07) is 7.40. The van der Waals surface area contributed by atoms with Crippen LogP contribution in [0.15, 0.2) is 24.3 Å². The van der Waals surface area contributed by atoms with E-state index in [2.05, 4.69) is 24.1 Å². The van der Waals surface area contributed by atoms with Crippen molar-refractivity contribution in [3.8, 4) is 5.75 Å². The molecule has 0 radical (unpaired) electrons. The van der Waals surface area contributed by atoms with Gasteiger partial charge in [-0.15, -0.1) is 0 Å². The maximum atomic E-state index is 13.0. The van der Waals surface area contributed by atoms with Gasteiger partial charge in [0.1, 0.15) is 18.0 Å². The van der Waals surface area contributed by atoms with Crippen LogP contribution < -0.4 is 10.1 Å². The number of benzene rings is 1. The van der Waals surface area contributed by atoms with Crippen LogP contribution in [0.2, 0.25) is 0 Å². The number of hydrogen-bond acceptors (Lipinski definition) is 5. The summed E-state index contributed by atoms with van der Waals surface area (Å²) in [5.41, 5.74) is 0.153. The second-order valence-corrected chi connectivity index (χ2v) is 9.62. The van der Waals surface area contributed by atoms with Gasteiger partial charge in [0.25, 0.3) is 0 Å². The van der Waals surface area contributed by atoms with Crippen molar-refractivity contribution in [1.82, 2.24) is 14.7 Å². The highest BCUT2D eigenvalue weighted by Gasteiger charge is 2.27. The van der Waals surface area contributed by atoms with E-state index in [0.29, 0.717) is 37.7 Å². The summed E-state index contributed by atoms with van der Waals surface area (Å²) in [4.78, 5) is 31.0. The molecule has 0 saturated carbocycles. The molecule has 1 atom stereocenters. The fourth-order valence-electron chi connectivity index (χ4n) is 3.91. The molecule has 3 amide bonds. The van der Waals surface area contributed by atoms with Gasteiger partial charge in [0.2, 0.25) is 0 Å². The summed E-state index contributed by atoms with van der Waals surface area (Å²) < 4.78 is 11.4. The number of likely N-dealkylation sites (tertiary alicyclic amines) is 1. The average Bonchev–Trinajstić information content (AvgIpc) is 2.76. The Morgan fingerprint density at radius 3 is 2.55 bits per heavy atom. The van der Waals surface area contributed by atoms with Gasteiger partial charge >= 0.3 is 12.1 Å². The van der Waals surface area contributed by atoms with Gasteiger partial charge in [-0.3, -0.25) is 0 Å². The minimum absolute atomic E-state index is 0.139. The summed E-state index contributed by atoms with van der Waals surface area (Å²) in [7, 11) is 1.75. The predicted molar refractivity (Wildman–Crippen MR) is 132 cm³/mol. The Kier molecular flexibility index (Phi) is 10.3. The second kappa shape index (κ2) is 12.7. The fraction of sp³-hybridized carbons (Fsp3) is 0.680. The van der Waals surface area contributed by atoms with Crippen LogP contribution in [0, 0.1) is 5.92 Å². The number of nitrogens with one attached hydrogen (secondary N) is 1. The molecule has 1 saturated heterocycles. The fourth-order valence-corrected chi connectivity index (χ4v) is 3.91. The Balaban J connectivity index is 1.90. The van der Waals surface area contributed by atoms with E-state index < -0.39 is 5.60 Å². The lowest BCUT2D eigenvalue weighted by Gasteiger charge is -2.35. The quantitative estimate of drug-likeness (QED) is 0.584. The molecule has 0 aromatic heterocycles. The molecule has 1 aliphatic rings. The molecule has 8 nitrogen and oxygen atoms in total. The van der Waals surface area contributed by atoms with Gasteiger partial charge in [-0.1, -0.05) is 26.0 Å². The lowest BCUT2D eigenvalue weighted by molar-refractivity contribution is 0.0253. The maximum Gasteiger partial charge on any atom is 0.410 e. The smallest absolute Gasteiger partial charge is 0.410 e. The van der Waals surface area contributed by atoms with Crippen molar-refractivity contribution >= 4 is 17.8 Å². The average molecular weight is 463 g/mol. The third kappa shape index (κ3) is 9.12. The molecule has 0 spiro atoms. The standard InChI is InChI=1S/C25H42N4O4/c1-7-28(8-2)16-17-32-22-14-10-9-13-21(22)26-23(30)29-15-11-12-20(19-29)18-27(6)24(31)33-25(3,4)5/h9-10,13-14,20H,7-8,11-12,15-19H2,1-6H3,(H,26,30). The van der Waals surface area contributed by atoms with Crippen LogP contribution in [0.3, 0.4) is 0 Å². The molecule has 0 bridgehead atoms. The SMILES string of the molecule is CCN(CC)CCOc1ccccc1NC(=O)N1CCCC(CN(C)C(=O)OC(C)(C)C)C1. The molecule has 1 aromatic carbocycles. The first-order valence-electron chi connectivity index (χ1n) is 12.1. The molecule has 1 aromatic rings. The first-order valence-corrected chi connectivity index (χ1v) is 12.1. The number of likely N-dealkylation sites (N-methyl/N-ethyl adjacent to an activating group) is 1. The minimum atomic E-state index is -0.523.